The summed E-state index contributed by atoms with van der Waals surface area (Å²) < 4.78 is 7.26. The van der Waals surface area contributed by atoms with E-state index in [-0.39, 0.29) is 6.10 Å². The van der Waals surface area contributed by atoms with Crippen LogP contribution >= 0.6 is 0 Å². The van der Waals surface area contributed by atoms with Crippen LogP contribution in [0.3, 0.4) is 0 Å². The number of methoxy groups -OCH3 is 1. The standard InChI is InChI=1S/C14H16N2O2/c1-18-14-9-10(5-7-15-14)16-8-6-11-12(16)3-2-4-13(11)17/h5-9,13,17H,2-4H2,1H3. The van der Waals surface area contributed by atoms with E-state index < -0.39 is 0 Å². The number of aliphatic hydroxyl groups is 1. The van der Waals surface area contributed by atoms with Crippen LogP contribution < -0.4 is 4.74 Å². The van der Waals surface area contributed by atoms with E-state index in [4.69, 9.17) is 4.74 Å². The normalized spacial score (nSPS) is 18.4. The summed E-state index contributed by atoms with van der Waals surface area (Å²) in [7, 11) is 1.61. The molecule has 0 fully saturated rings. The summed E-state index contributed by atoms with van der Waals surface area (Å²) in [6, 6.07) is 5.86. The van der Waals surface area contributed by atoms with E-state index in [0.717, 1.165) is 30.5 Å². The van der Waals surface area contributed by atoms with Crippen LogP contribution in [0.2, 0.25) is 0 Å². The molecule has 0 bridgehead atoms. The zero-order valence-corrected chi connectivity index (χ0v) is 10.3. The van der Waals surface area contributed by atoms with Crippen molar-refractivity contribution >= 4 is 0 Å². The smallest absolute Gasteiger partial charge is 0.215 e. The molecule has 94 valence electrons. The number of aliphatic hydroxyl groups excluding tert-OH is 1. The highest BCUT2D eigenvalue weighted by atomic mass is 16.5. The van der Waals surface area contributed by atoms with Crippen LogP contribution in [0.25, 0.3) is 5.69 Å². The molecule has 0 saturated heterocycles. The summed E-state index contributed by atoms with van der Waals surface area (Å²) in [5, 5.41) is 9.97. The Balaban J connectivity index is 2.06. The third kappa shape index (κ3) is 1.78. The molecule has 4 nitrogen and oxygen atoms in total. The van der Waals surface area contributed by atoms with E-state index in [1.54, 1.807) is 13.3 Å². The van der Waals surface area contributed by atoms with Crippen molar-refractivity contribution in [3.63, 3.8) is 0 Å². The minimum absolute atomic E-state index is 0.321. The molecule has 0 amide bonds. The number of nitrogens with zero attached hydrogens (tertiary/aromatic N) is 2. The molecular formula is C14H16N2O2. The fourth-order valence-electron chi connectivity index (χ4n) is 2.57. The van der Waals surface area contributed by atoms with Gasteiger partial charge in [0.05, 0.1) is 18.9 Å². The van der Waals surface area contributed by atoms with Crippen LogP contribution in [0.5, 0.6) is 5.88 Å². The second kappa shape index (κ2) is 4.46. The number of ether oxygens (including phenoxy) is 1. The molecule has 4 heteroatoms. The van der Waals surface area contributed by atoms with Gasteiger partial charge in [0.1, 0.15) is 0 Å². The Morgan fingerprint density at radius 2 is 2.33 bits per heavy atom. The lowest BCUT2D eigenvalue weighted by molar-refractivity contribution is 0.156. The highest BCUT2D eigenvalue weighted by molar-refractivity contribution is 5.41. The fourth-order valence-corrected chi connectivity index (χ4v) is 2.57. The van der Waals surface area contributed by atoms with E-state index in [9.17, 15) is 5.11 Å². The minimum atomic E-state index is -0.321. The number of hydrogen-bond acceptors (Lipinski definition) is 3. The van der Waals surface area contributed by atoms with Gasteiger partial charge in [-0.15, -0.1) is 0 Å². The van der Waals surface area contributed by atoms with Crippen LogP contribution in [-0.2, 0) is 6.42 Å². The van der Waals surface area contributed by atoms with Crippen molar-refractivity contribution in [2.45, 2.75) is 25.4 Å². The molecule has 0 spiro atoms. The molecule has 1 aliphatic rings. The lowest BCUT2D eigenvalue weighted by Crippen LogP contribution is -2.11. The van der Waals surface area contributed by atoms with Gasteiger partial charge in [0.15, 0.2) is 0 Å². The highest BCUT2D eigenvalue weighted by Crippen LogP contribution is 2.32. The van der Waals surface area contributed by atoms with E-state index in [0.29, 0.717) is 5.88 Å². The Morgan fingerprint density at radius 1 is 1.44 bits per heavy atom. The predicted octanol–water partition coefficient (Wildman–Crippen LogP) is 2.25. The molecule has 2 aromatic rings. The molecular weight excluding hydrogens is 228 g/mol. The quantitative estimate of drug-likeness (QED) is 0.881. The monoisotopic (exact) mass is 244 g/mol. The summed E-state index contributed by atoms with van der Waals surface area (Å²) in [6.45, 7) is 0. The van der Waals surface area contributed by atoms with E-state index in [2.05, 4.69) is 9.55 Å². The molecule has 0 saturated carbocycles. The van der Waals surface area contributed by atoms with Crippen molar-refractivity contribution < 1.29 is 9.84 Å². The summed E-state index contributed by atoms with van der Waals surface area (Å²) in [5.41, 5.74) is 3.27. The van der Waals surface area contributed by atoms with E-state index in [1.165, 1.54) is 5.69 Å². The van der Waals surface area contributed by atoms with Crippen molar-refractivity contribution in [1.29, 1.82) is 0 Å². The van der Waals surface area contributed by atoms with Crippen LogP contribution in [-0.4, -0.2) is 21.8 Å². The molecule has 0 aliphatic heterocycles. The third-order valence-electron chi connectivity index (χ3n) is 3.48. The fraction of sp³-hybridized carbons (Fsp3) is 0.357. The Bertz CT molecular complexity index is 563. The maximum atomic E-state index is 9.97. The summed E-state index contributed by atoms with van der Waals surface area (Å²) in [5.74, 6) is 0.603. The zero-order chi connectivity index (χ0) is 12.5. The van der Waals surface area contributed by atoms with Gasteiger partial charge in [-0.25, -0.2) is 4.98 Å². The number of rotatable bonds is 2. The van der Waals surface area contributed by atoms with Crippen molar-refractivity contribution in [3.05, 3.63) is 41.9 Å². The maximum Gasteiger partial charge on any atom is 0.215 e. The molecule has 1 aliphatic carbocycles. The van der Waals surface area contributed by atoms with E-state index >= 15 is 0 Å². The number of hydrogen-bond donors (Lipinski definition) is 1. The largest absolute Gasteiger partial charge is 0.481 e. The first-order valence-electron chi connectivity index (χ1n) is 6.18. The van der Waals surface area contributed by atoms with Gasteiger partial charge in [0.25, 0.3) is 0 Å². The SMILES string of the molecule is COc1cc(-n2ccc3c2CCCC3O)ccn1. The first-order chi connectivity index (χ1) is 8.79. The van der Waals surface area contributed by atoms with Gasteiger partial charge in [0.2, 0.25) is 5.88 Å². The topological polar surface area (TPSA) is 47.3 Å². The van der Waals surface area contributed by atoms with Gasteiger partial charge < -0.3 is 14.4 Å². The van der Waals surface area contributed by atoms with Gasteiger partial charge in [0, 0.05) is 29.7 Å². The first kappa shape index (κ1) is 11.3. The molecule has 3 rings (SSSR count). The second-order valence-corrected chi connectivity index (χ2v) is 4.55. The third-order valence-corrected chi connectivity index (χ3v) is 3.48. The second-order valence-electron chi connectivity index (χ2n) is 4.55. The molecule has 2 aromatic heterocycles. The molecule has 0 radical (unpaired) electrons. The predicted molar refractivity (Wildman–Crippen MR) is 68.0 cm³/mol. The first-order valence-corrected chi connectivity index (χ1v) is 6.18. The lowest BCUT2D eigenvalue weighted by Gasteiger charge is -2.20. The summed E-state index contributed by atoms with van der Waals surface area (Å²) in [4.78, 5) is 4.11. The van der Waals surface area contributed by atoms with Crippen LogP contribution in [0.15, 0.2) is 30.6 Å². The van der Waals surface area contributed by atoms with Gasteiger partial charge in [-0.2, -0.15) is 0 Å². The van der Waals surface area contributed by atoms with Gasteiger partial charge in [-0.1, -0.05) is 0 Å². The van der Waals surface area contributed by atoms with Crippen molar-refractivity contribution in [1.82, 2.24) is 9.55 Å². The number of fused-ring (bicyclic) bond motifs is 1. The minimum Gasteiger partial charge on any atom is -0.481 e. The van der Waals surface area contributed by atoms with Crippen LogP contribution in [0, 0.1) is 0 Å². The van der Waals surface area contributed by atoms with Gasteiger partial charge >= 0.3 is 0 Å². The Morgan fingerprint density at radius 3 is 3.17 bits per heavy atom. The Labute approximate surface area is 106 Å². The molecule has 2 heterocycles. The van der Waals surface area contributed by atoms with Crippen molar-refractivity contribution in [2.24, 2.45) is 0 Å². The molecule has 1 unspecified atom stereocenters. The van der Waals surface area contributed by atoms with E-state index in [1.807, 2.05) is 24.4 Å². The van der Waals surface area contributed by atoms with Crippen LogP contribution in [0.1, 0.15) is 30.2 Å². The Hall–Kier alpha value is -1.81. The average Bonchev–Trinajstić information content (AvgIpc) is 2.84. The lowest BCUT2D eigenvalue weighted by atomic mass is 9.95. The molecule has 18 heavy (non-hydrogen) atoms. The molecule has 1 N–H and O–H groups in total. The van der Waals surface area contributed by atoms with Gasteiger partial charge in [-0.3, -0.25) is 0 Å². The average molecular weight is 244 g/mol. The van der Waals surface area contributed by atoms with Crippen molar-refractivity contribution in [2.75, 3.05) is 7.11 Å². The highest BCUT2D eigenvalue weighted by Gasteiger charge is 2.21. The summed E-state index contributed by atoms with van der Waals surface area (Å²) >= 11 is 0. The number of aromatic nitrogens is 2. The van der Waals surface area contributed by atoms with Gasteiger partial charge in [-0.05, 0) is 31.4 Å². The maximum absolute atomic E-state index is 9.97. The number of pyridine rings is 1. The van der Waals surface area contributed by atoms with Crippen molar-refractivity contribution in [3.8, 4) is 11.6 Å². The summed E-state index contributed by atoms with van der Waals surface area (Å²) in [6.07, 6.45) is 6.31. The van der Waals surface area contributed by atoms with Crippen LogP contribution in [0.4, 0.5) is 0 Å². The Kier molecular flexibility index (Phi) is 2.80. The molecule has 0 aromatic carbocycles. The zero-order valence-electron chi connectivity index (χ0n) is 10.3. The molecule has 1 atom stereocenters.